The molecule has 1 fully saturated rings. The smallest absolute Gasteiger partial charge is 0.394 e. The van der Waals surface area contributed by atoms with Gasteiger partial charge in [0.2, 0.25) is 5.91 Å². The fourth-order valence-electron chi connectivity index (χ4n) is 7.66. The molecule has 8 unspecified atom stereocenters. The van der Waals surface area contributed by atoms with Gasteiger partial charge in [0.15, 0.2) is 6.29 Å². The SMILES string of the molecule is CCCCCC/C=C\CCCCCCCCC(O)C(=O)NC(COC1OC(CO)C(O)C(OS(=O)(=O)O)C1O)C(O)/C=C/CC/C=C/CC/C=C/CCCCCCCCCCCCC. The van der Waals surface area contributed by atoms with Gasteiger partial charge in [0.1, 0.15) is 30.5 Å². The monoisotopic (exact) mass is 930 g/mol. The Morgan fingerprint density at radius 2 is 1.05 bits per heavy atom. The van der Waals surface area contributed by atoms with Crippen LogP contribution in [0.3, 0.4) is 0 Å². The average molecular weight is 930 g/mol. The molecule has 7 N–H and O–H groups in total. The minimum atomic E-state index is -5.13. The van der Waals surface area contributed by atoms with Gasteiger partial charge in [-0.3, -0.25) is 9.35 Å². The summed E-state index contributed by atoms with van der Waals surface area (Å²) in [6.07, 6.45) is 37.6. The number of carbonyl (C=O) groups excluding carboxylic acids is 1. The molecule has 0 saturated carbocycles. The lowest BCUT2D eigenvalue weighted by molar-refractivity contribution is -0.298. The summed E-state index contributed by atoms with van der Waals surface area (Å²) in [5.74, 6) is -0.723. The zero-order valence-electron chi connectivity index (χ0n) is 39.7. The van der Waals surface area contributed by atoms with Crippen LogP contribution in [0.1, 0.15) is 200 Å². The van der Waals surface area contributed by atoms with Gasteiger partial charge in [-0.25, -0.2) is 4.18 Å². The van der Waals surface area contributed by atoms with E-state index in [1.807, 2.05) is 0 Å². The quantitative estimate of drug-likeness (QED) is 0.0173. The third-order valence-corrected chi connectivity index (χ3v) is 12.1. The molecular formula is C50H91NO12S. The Bertz CT molecular complexity index is 1340. The number of hydrogen-bond acceptors (Lipinski definition) is 11. The van der Waals surface area contributed by atoms with E-state index in [1.54, 1.807) is 6.08 Å². The molecule has 0 aromatic carbocycles. The first kappa shape index (κ1) is 60.0. The van der Waals surface area contributed by atoms with E-state index in [-0.39, 0.29) is 6.42 Å². The topological polar surface area (TPSA) is 212 Å². The largest absolute Gasteiger partial charge is 0.397 e. The second-order valence-electron chi connectivity index (χ2n) is 17.5. The molecule has 0 spiro atoms. The van der Waals surface area contributed by atoms with Crippen LogP contribution >= 0.6 is 0 Å². The Morgan fingerprint density at radius 3 is 1.52 bits per heavy atom. The second-order valence-corrected chi connectivity index (χ2v) is 18.6. The van der Waals surface area contributed by atoms with Crippen molar-refractivity contribution in [3.05, 3.63) is 48.6 Å². The number of hydrogen-bond donors (Lipinski definition) is 7. The molecule has 0 aliphatic carbocycles. The fourth-order valence-corrected chi connectivity index (χ4v) is 8.17. The predicted octanol–water partition coefficient (Wildman–Crippen LogP) is 9.41. The highest BCUT2D eigenvalue weighted by Crippen LogP contribution is 2.26. The normalized spacial score (nSPS) is 21.2. The van der Waals surface area contributed by atoms with Crippen LogP contribution in [0.5, 0.6) is 0 Å². The Balaban J connectivity index is 2.58. The molecule has 0 radical (unpaired) electrons. The first-order chi connectivity index (χ1) is 30.9. The first-order valence-corrected chi connectivity index (χ1v) is 26.5. The van der Waals surface area contributed by atoms with E-state index in [9.17, 15) is 43.3 Å². The highest BCUT2D eigenvalue weighted by atomic mass is 32.3. The van der Waals surface area contributed by atoms with E-state index < -0.39 is 78.5 Å². The molecule has 1 amide bonds. The van der Waals surface area contributed by atoms with Gasteiger partial charge < -0.3 is 40.3 Å². The van der Waals surface area contributed by atoms with E-state index in [1.165, 1.54) is 102 Å². The van der Waals surface area contributed by atoms with Crippen molar-refractivity contribution in [3.8, 4) is 0 Å². The lowest BCUT2D eigenvalue weighted by atomic mass is 9.99. The van der Waals surface area contributed by atoms with Crippen molar-refractivity contribution in [2.75, 3.05) is 13.2 Å². The molecule has 8 atom stereocenters. The number of aliphatic hydroxyl groups excluding tert-OH is 5. The maximum atomic E-state index is 13.1. The minimum absolute atomic E-state index is 0.225. The van der Waals surface area contributed by atoms with Crippen molar-refractivity contribution in [1.82, 2.24) is 5.32 Å². The van der Waals surface area contributed by atoms with Crippen molar-refractivity contribution < 1.29 is 57.0 Å². The Hall–Kier alpha value is -1.98. The third kappa shape index (κ3) is 31.9. The molecule has 0 aromatic heterocycles. The summed E-state index contributed by atoms with van der Waals surface area (Å²) < 4.78 is 47.6. The molecule has 1 aliphatic heterocycles. The standard InChI is InChI=1S/C50H91NO12S/c1-3-5-7-9-11-13-15-17-19-20-21-22-23-24-25-27-28-30-32-34-36-38-43(53)42(41-61-50-47(56)48(63-64(58,59)60)46(55)45(40-52)62-50)51-49(57)44(54)39-37-35-33-31-29-26-18-16-14-12-10-8-6-4-2/h14,16,23-24,28,30,36,38,42-48,50,52-56H,3-13,15,17-22,25-27,29,31-35,37,39-41H2,1-2H3,(H,51,57)(H,58,59,60)/b16-14-,24-23+,30-28+,38-36+. The number of aliphatic hydroxyl groups is 5. The molecule has 374 valence electrons. The summed E-state index contributed by atoms with van der Waals surface area (Å²) in [6, 6.07) is -1.15. The highest BCUT2D eigenvalue weighted by molar-refractivity contribution is 7.80. The number of unbranched alkanes of at least 4 members (excludes halogenated alkanes) is 23. The molecule has 0 bridgehead atoms. The Labute approximate surface area is 388 Å². The van der Waals surface area contributed by atoms with E-state index in [0.29, 0.717) is 12.8 Å². The van der Waals surface area contributed by atoms with Crippen LogP contribution in [0.25, 0.3) is 0 Å². The average Bonchev–Trinajstić information content (AvgIpc) is 3.27. The molecule has 14 heteroatoms. The minimum Gasteiger partial charge on any atom is -0.394 e. The zero-order valence-corrected chi connectivity index (χ0v) is 40.5. The van der Waals surface area contributed by atoms with Gasteiger partial charge in [-0.1, -0.05) is 178 Å². The molecular weight excluding hydrogens is 839 g/mol. The number of allylic oxidation sites excluding steroid dienone is 7. The van der Waals surface area contributed by atoms with Gasteiger partial charge >= 0.3 is 10.4 Å². The van der Waals surface area contributed by atoms with Crippen LogP contribution in [-0.2, 0) is 28.9 Å². The molecule has 1 rings (SSSR count). The molecule has 1 aliphatic rings. The lowest BCUT2D eigenvalue weighted by Gasteiger charge is -2.41. The van der Waals surface area contributed by atoms with Crippen LogP contribution in [-0.4, -0.2) is 107 Å². The summed E-state index contributed by atoms with van der Waals surface area (Å²) >= 11 is 0. The fraction of sp³-hybridized carbons (Fsp3) is 0.820. The Kier molecular flexibility index (Phi) is 37.6. The van der Waals surface area contributed by atoms with Crippen molar-refractivity contribution in [3.63, 3.8) is 0 Å². The van der Waals surface area contributed by atoms with E-state index in [2.05, 4.69) is 59.8 Å². The van der Waals surface area contributed by atoms with Crippen molar-refractivity contribution >= 4 is 16.3 Å². The molecule has 13 nitrogen and oxygen atoms in total. The van der Waals surface area contributed by atoms with Gasteiger partial charge in [-0.05, 0) is 70.6 Å². The van der Waals surface area contributed by atoms with Gasteiger partial charge in [-0.15, -0.1) is 0 Å². The third-order valence-electron chi connectivity index (χ3n) is 11.7. The van der Waals surface area contributed by atoms with Crippen LogP contribution < -0.4 is 5.32 Å². The van der Waals surface area contributed by atoms with Crippen LogP contribution in [0.4, 0.5) is 0 Å². The van der Waals surface area contributed by atoms with Gasteiger partial charge in [0, 0.05) is 0 Å². The van der Waals surface area contributed by atoms with Crippen LogP contribution in [0.2, 0.25) is 0 Å². The summed E-state index contributed by atoms with van der Waals surface area (Å²) in [5, 5.41) is 55.3. The number of carbonyl (C=O) groups is 1. The van der Waals surface area contributed by atoms with Gasteiger partial charge in [-0.2, -0.15) is 8.42 Å². The second kappa shape index (κ2) is 40.1. The summed E-state index contributed by atoms with van der Waals surface area (Å²) in [4.78, 5) is 13.1. The number of ether oxygens (including phenoxy) is 2. The van der Waals surface area contributed by atoms with Crippen molar-refractivity contribution in [2.24, 2.45) is 0 Å². The maximum absolute atomic E-state index is 13.1. The van der Waals surface area contributed by atoms with E-state index in [4.69, 9.17) is 9.47 Å². The number of nitrogens with one attached hydrogen (secondary N) is 1. The van der Waals surface area contributed by atoms with E-state index >= 15 is 0 Å². The summed E-state index contributed by atoms with van der Waals surface area (Å²) in [6.45, 7) is 3.18. The predicted molar refractivity (Wildman–Crippen MR) is 256 cm³/mol. The molecule has 0 aromatic rings. The van der Waals surface area contributed by atoms with Crippen molar-refractivity contribution in [2.45, 2.75) is 249 Å². The maximum Gasteiger partial charge on any atom is 0.397 e. The van der Waals surface area contributed by atoms with Crippen LogP contribution in [0, 0.1) is 0 Å². The lowest BCUT2D eigenvalue weighted by Crippen LogP contribution is -2.61. The molecule has 64 heavy (non-hydrogen) atoms. The van der Waals surface area contributed by atoms with Gasteiger partial charge in [0.25, 0.3) is 0 Å². The van der Waals surface area contributed by atoms with Gasteiger partial charge in [0.05, 0.1) is 25.4 Å². The van der Waals surface area contributed by atoms with Crippen molar-refractivity contribution in [1.29, 1.82) is 0 Å². The zero-order chi connectivity index (χ0) is 47.1. The molecule has 1 saturated heterocycles. The van der Waals surface area contributed by atoms with Crippen LogP contribution in [0.15, 0.2) is 48.6 Å². The molecule has 1 heterocycles. The highest BCUT2D eigenvalue weighted by Gasteiger charge is 2.48. The summed E-state index contributed by atoms with van der Waals surface area (Å²) in [5.41, 5.74) is 0. The number of amides is 1. The van der Waals surface area contributed by atoms with E-state index in [0.717, 1.165) is 70.6 Å². The number of rotatable bonds is 42. The Morgan fingerprint density at radius 1 is 0.625 bits per heavy atom. The summed E-state index contributed by atoms with van der Waals surface area (Å²) in [7, 11) is -5.13. The first-order valence-electron chi connectivity index (χ1n) is 25.1.